The minimum Gasteiger partial charge on any atom is -0.447 e. The van der Waals surface area contributed by atoms with Crippen LogP contribution in [-0.2, 0) is 23.1 Å². The molecule has 1 aliphatic heterocycles. The number of nitrogens with zero attached hydrogens (tertiary/aromatic N) is 3. The van der Waals surface area contributed by atoms with Crippen molar-refractivity contribution in [1.82, 2.24) is 19.8 Å². The quantitative estimate of drug-likeness (QED) is 0.769. The van der Waals surface area contributed by atoms with Crippen LogP contribution in [0.5, 0.6) is 0 Å². The normalized spacial score (nSPS) is 19.3. The molecule has 2 heterocycles. The van der Waals surface area contributed by atoms with Crippen LogP contribution in [0.25, 0.3) is 0 Å². The van der Waals surface area contributed by atoms with Crippen LogP contribution in [0, 0.1) is 0 Å². The highest BCUT2D eigenvalue weighted by Crippen LogP contribution is 2.15. The van der Waals surface area contributed by atoms with Crippen molar-refractivity contribution in [1.29, 1.82) is 0 Å². The van der Waals surface area contributed by atoms with Gasteiger partial charge in [0.05, 0.1) is 6.54 Å². The van der Waals surface area contributed by atoms with Gasteiger partial charge in [-0.3, -0.25) is 9.69 Å². The summed E-state index contributed by atoms with van der Waals surface area (Å²) in [4.78, 5) is 28.6. The number of ether oxygens (including phenoxy) is 1. The SMILES string of the molecule is CNC(=O)[C@@H]1COC(=O)N1Cc1nccn1C. The molecule has 1 aromatic heterocycles. The van der Waals surface area contributed by atoms with Crippen LogP contribution in [0.4, 0.5) is 4.79 Å². The number of hydrogen-bond donors (Lipinski definition) is 1. The van der Waals surface area contributed by atoms with E-state index in [9.17, 15) is 9.59 Å². The molecular weight excluding hydrogens is 224 g/mol. The molecule has 0 bridgehead atoms. The third-order valence-electron chi connectivity index (χ3n) is 2.76. The second kappa shape index (κ2) is 4.44. The zero-order valence-corrected chi connectivity index (χ0v) is 9.71. The van der Waals surface area contributed by atoms with Gasteiger partial charge in [-0.15, -0.1) is 0 Å². The Balaban J connectivity index is 2.15. The van der Waals surface area contributed by atoms with E-state index in [-0.39, 0.29) is 19.1 Å². The van der Waals surface area contributed by atoms with E-state index < -0.39 is 12.1 Å². The second-order valence-corrected chi connectivity index (χ2v) is 3.79. The highest BCUT2D eigenvalue weighted by Gasteiger charge is 2.38. The Labute approximate surface area is 98.4 Å². The van der Waals surface area contributed by atoms with Crippen LogP contribution in [0.2, 0.25) is 0 Å². The third-order valence-corrected chi connectivity index (χ3v) is 2.76. The van der Waals surface area contributed by atoms with Gasteiger partial charge in [-0.05, 0) is 0 Å². The summed E-state index contributed by atoms with van der Waals surface area (Å²) in [5.41, 5.74) is 0. The summed E-state index contributed by atoms with van der Waals surface area (Å²) in [6.07, 6.45) is 2.94. The molecule has 0 saturated carbocycles. The standard InChI is InChI=1S/C10H14N4O3/c1-11-9(15)7-6-17-10(16)14(7)5-8-12-3-4-13(8)2/h3-4,7H,5-6H2,1-2H3,(H,11,15)/t7-/m0/s1. The minimum atomic E-state index is -0.579. The van der Waals surface area contributed by atoms with Crippen molar-refractivity contribution >= 4 is 12.0 Å². The maximum absolute atomic E-state index is 11.6. The van der Waals surface area contributed by atoms with E-state index in [0.717, 1.165) is 0 Å². The number of imidazole rings is 1. The minimum absolute atomic E-state index is 0.0862. The monoisotopic (exact) mass is 238 g/mol. The molecule has 1 atom stereocenters. The van der Waals surface area contributed by atoms with Crippen molar-refractivity contribution in [3.05, 3.63) is 18.2 Å². The van der Waals surface area contributed by atoms with Crippen molar-refractivity contribution in [3.63, 3.8) is 0 Å². The van der Waals surface area contributed by atoms with Crippen LogP contribution >= 0.6 is 0 Å². The largest absolute Gasteiger partial charge is 0.447 e. The van der Waals surface area contributed by atoms with E-state index in [4.69, 9.17) is 4.74 Å². The van der Waals surface area contributed by atoms with Gasteiger partial charge in [-0.25, -0.2) is 9.78 Å². The number of carbonyl (C=O) groups is 2. The topological polar surface area (TPSA) is 76.5 Å². The molecule has 17 heavy (non-hydrogen) atoms. The Morgan fingerprint density at radius 1 is 1.71 bits per heavy atom. The summed E-state index contributed by atoms with van der Waals surface area (Å²) >= 11 is 0. The predicted molar refractivity (Wildman–Crippen MR) is 58.0 cm³/mol. The van der Waals surface area contributed by atoms with Crippen molar-refractivity contribution in [3.8, 4) is 0 Å². The van der Waals surface area contributed by atoms with E-state index in [1.54, 1.807) is 17.0 Å². The van der Waals surface area contributed by atoms with E-state index in [1.807, 2.05) is 7.05 Å². The Hall–Kier alpha value is -2.05. The average molecular weight is 238 g/mol. The Morgan fingerprint density at radius 2 is 2.47 bits per heavy atom. The molecular formula is C10H14N4O3. The molecule has 0 radical (unpaired) electrons. The number of aryl methyl sites for hydroxylation is 1. The van der Waals surface area contributed by atoms with Crippen molar-refractivity contribution in [2.24, 2.45) is 7.05 Å². The number of likely N-dealkylation sites (N-methyl/N-ethyl adjacent to an activating group) is 1. The van der Waals surface area contributed by atoms with Gasteiger partial charge < -0.3 is 14.6 Å². The molecule has 2 amide bonds. The molecule has 7 nitrogen and oxygen atoms in total. The van der Waals surface area contributed by atoms with Gasteiger partial charge in [0.2, 0.25) is 5.91 Å². The van der Waals surface area contributed by atoms with Gasteiger partial charge in [-0.2, -0.15) is 0 Å². The zero-order valence-electron chi connectivity index (χ0n) is 9.71. The van der Waals surface area contributed by atoms with Crippen LogP contribution in [0.3, 0.4) is 0 Å². The fourth-order valence-corrected chi connectivity index (χ4v) is 1.71. The van der Waals surface area contributed by atoms with Crippen molar-refractivity contribution in [2.75, 3.05) is 13.7 Å². The number of carbonyl (C=O) groups excluding carboxylic acids is 2. The Morgan fingerprint density at radius 3 is 3.06 bits per heavy atom. The molecule has 0 unspecified atom stereocenters. The van der Waals surface area contributed by atoms with Gasteiger partial charge in [0.15, 0.2) is 0 Å². The van der Waals surface area contributed by atoms with Gasteiger partial charge in [0, 0.05) is 26.5 Å². The molecule has 92 valence electrons. The van der Waals surface area contributed by atoms with E-state index in [2.05, 4.69) is 10.3 Å². The maximum Gasteiger partial charge on any atom is 0.411 e. The van der Waals surface area contributed by atoms with Crippen LogP contribution < -0.4 is 5.32 Å². The van der Waals surface area contributed by atoms with Gasteiger partial charge >= 0.3 is 6.09 Å². The number of hydrogen-bond acceptors (Lipinski definition) is 4. The lowest BCUT2D eigenvalue weighted by molar-refractivity contribution is -0.124. The van der Waals surface area contributed by atoms with Crippen LogP contribution in [-0.4, -0.2) is 46.1 Å². The van der Waals surface area contributed by atoms with E-state index in [0.29, 0.717) is 5.82 Å². The number of amides is 2. The number of nitrogens with one attached hydrogen (secondary N) is 1. The average Bonchev–Trinajstić information content (AvgIpc) is 2.87. The van der Waals surface area contributed by atoms with Gasteiger partial charge in [-0.1, -0.05) is 0 Å². The molecule has 1 fully saturated rings. The maximum atomic E-state index is 11.6. The number of aromatic nitrogens is 2. The van der Waals surface area contributed by atoms with Crippen molar-refractivity contribution < 1.29 is 14.3 Å². The summed E-state index contributed by atoms with van der Waals surface area (Å²) in [6.45, 7) is 0.351. The molecule has 1 aromatic rings. The highest BCUT2D eigenvalue weighted by atomic mass is 16.6. The molecule has 0 spiro atoms. The lowest BCUT2D eigenvalue weighted by Gasteiger charge is -2.19. The predicted octanol–water partition coefficient (Wildman–Crippen LogP) is -0.513. The lowest BCUT2D eigenvalue weighted by Crippen LogP contribution is -2.44. The highest BCUT2D eigenvalue weighted by molar-refractivity contribution is 5.87. The van der Waals surface area contributed by atoms with Crippen LogP contribution in [0.1, 0.15) is 5.82 Å². The summed E-state index contributed by atoms with van der Waals surface area (Å²) < 4.78 is 6.68. The number of cyclic esters (lactones) is 1. The Bertz CT molecular complexity index is 443. The summed E-state index contributed by atoms with van der Waals surface area (Å²) in [6, 6.07) is -0.579. The first kappa shape index (κ1) is 11.4. The second-order valence-electron chi connectivity index (χ2n) is 3.79. The van der Waals surface area contributed by atoms with Gasteiger partial charge in [0.1, 0.15) is 18.5 Å². The van der Waals surface area contributed by atoms with E-state index >= 15 is 0 Å². The lowest BCUT2D eigenvalue weighted by atomic mass is 10.2. The molecule has 2 rings (SSSR count). The van der Waals surface area contributed by atoms with Gasteiger partial charge in [0.25, 0.3) is 0 Å². The summed E-state index contributed by atoms with van der Waals surface area (Å²) in [5, 5.41) is 2.51. The van der Waals surface area contributed by atoms with Crippen molar-refractivity contribution in [2.45, 2.75) is 12.6 Å². The fourth-order valence-electron chi connectivity index (χ4n) is 1.71. The fraction of sp³-hybridized carbons (Fsp3) is 0.500. The molecule has 1 N–H and O–H groups in total. The Kier molecular flexibility index (Phi) is 2.99. The molecule has 1 aliphatic rings. The third kappa shape index (κ3) is 2.08. The summed E-state index contributed by atoms with van der Waals surface area (Å²) in [7, 11) is 3.36. The summed E-state index contributed by atoms with van der Waals surface area (Å²) in [5.74, 6) is 0.475. The molecule has 0 aliphatic carbocycles. The number of rotatable bonds is 3. The molecule has 1 saturated heterocycles. The van der Waals surface area contributed by atoms with E-state index in [1.165, 1.54) is 11.9 Å². The smallest absolute Gasteiger partial charge is 0.411 e. The zero-order chi connectivity index (χ0) is 12.4. The van der Waals surface area contributed by atoms with Crippen LogP contribution in [0.15, 0.2) is 12.4 Å². The molecule has 0 aromatic carbocycles. The first-order valence-corrected chi connectivity index (χ1v) is 5.24. The first-order valence-electron chi connectivity index (χ1n) is 5.24. The first-order chi connectivity index (χ1) is 8.13. The molecule has 7 heteroatoms.